The van der Waals surface area contributed by atoms with Gasteiger partial charge in [0.05, 0.1) is 18.1 Å². The van der Waals surface area contributed by atoms with Crippen LogP contribution in [-0.2, 0) is 0 Å². The highest BCUT2D eigenvalue weighted by molar-refractivity contribution is 5.93. The molecule has 1 fully saturated rings. The third-order valence-electron chi connectivity index (χ3n) is 7.55. The summed E-state index contributed by atoms with van der Waals surface area (Å²) in [7, 11) is 0. The van der Waals surface area contributed by atoms with Gasteiger partial charge in [-0.25, -0.2) is 9.97 Å². The quantitative estimate of drug-likeness (QED) is 0.265. The van der Waals surface area contributed by atoms with Gasteiger partial charge >= 0.3 is 6.55 Å². The number of aryl methyl sites for hydroxylation is 1. The number of carbonyl (C=O) groups excluding carboxylic acids is 1. The van der Waals surface area contributed by atoms with Crippen molar-refractivity contribution >= 4 is 17.0 Å². The molecule has 2 aromatic carbocycles. The molecule has 0 unspecified atom stereocenters. The number of oxazole rings is 1. The van der Waals surface area contributed by atoms with Crippen LogP contribution in [0.3, 0.4) is 0 Å². The number of pyridine rings is 1. The minimum Gasteiger partial charge on any atom is -0.436 e. The third kappa shape index (κ3) is 5.30. The molecule has 222 valence electrons. The second-order valence-electron chi connectivity index (χ2n) is 10.4. The Kier molecular flexibility index (Phi) is 7.10. The number of fused-ring (bicyclic) bond motifs is 1. The van der Waals surface area contributed by atoms with Gasteiger partial charge in [0.2, 0.25) is 5.89 Å². The molecule has 4 aromatic heterocycles. The number of aromatic nitrogens is 8. The zero-order chi connectivity index (χ0) is 30.2. The Morgan fingerprint density at radius 3 is 2.52 bits per heavy atom. The van der Waals surface area contributed by atoms with Crippen molar-refractivity contribution in [1.82, 2.24) is 49.5 Å². The van der Waals surface area contributed by atoms with E-state index in [2.05, 4.69) is 35.3 Å². The van der Waals surface area contributed by atoms with Crippen LogP contribution in [0.25, 0.3) is 28.2 Å². The van der Waals surface area contributed by atoms with Gasteiger partial charge in [0.25, 0.3) is 5.91 Å². The van der Waals surface area contributed by atoms with Crippen LogP contribution >= 0.6 is 0 Å². The number of carbonyl (C=O) groups is 1. The minimum atomic E-state index is -2.88. The van der Waals surface area contributed by atoms with Gasteiger partial charge in [0.1, 0.15) is 11.2 Å². The highest BCUT2D eigenvalue weighted by Gasteiger charge is 2.32. The molecule has 12 nitrogen and oxygen atoms in total. The van der Waals surface area contributed by atoms with Crippen LogP contribution in [0.1, 0.15) is 40.2 Å². The van der Waals surface area contributed by atoms with Crippen molar-refractivity contribution in [3.05, 3.63) is 102 Å². The van der Waals surface area contributed by atoms with Crippen LogP contribution in [0.5, 0.6) is 0 Å². The van der Waals surface area contributed by atoms with Gasteiger partial charge in [0, 0.05) is 49.8 Å². The Hall–Kier alpha value is -5.37. The zero-order valence-electron chi connectivity index (χ0n) is 23.5. The van der Waals surface area contributed by atoms with Crippen molar-refractivity contribution in [2.45, 2.75) is 19.5 Å². The molecule has 1 saturated heterocycles. The summed E-state index contributed by atoms with van der Waals surface area (Å²) in [4.78, 5) is 30.9. The monoisotopic (exact) mass is 596 g/mol. The van der Waals surface area contributed by atoms with Gasteiger partial charge in [0.15, 0.2) is 11.4 Å². The van der Waals surface area contributed by atoms with E-state index in [1.54, 1.807) is 29.6 Å². The molecule has 0 N–H and O–H groups in total. The molecular formula is C30H26F2N10O2. The summed E-state index contributed by atoms with van der Waals surface area (Å²) in [6.45, 7) is 0.782. The minimum absolute atomic E-state index is 0.177. The largest absolute Gasteiger partial charge is 0.436 e. The molecule has 1 aliphatic rings. The summed E-state index contributed by atoms with van der Waals surface area (Å²) < 4.78 is 34.3. The van der Waals surface area contributed by atoms with Crippen LogP contribution < -0.4 is 0 Å². The molecule has 1 amide bonds. The number of rotatable bonds is 7. The lowest BCUT2D eigenvalue weighted by molar-refractivity contribution is 0.0385. The lowest BCUT2D eigenvalue weighted by Gasteiger charge is -2.38. The van der Waals surface area contributed by atoms with Crippen molar-refractivity contribution in [3.63, 3.8) is 0 Å². The number of benzene rings is 2. The molecule has 1 atom stereocenters. The molecule has 14 heteroatoms. The average molecular weight is 597 g/mol. The standard InChI is InChI=1S/C30H26F2N10O2/c1-19-17-41(18-34-19)22-7-8-25-23(16-22)35-28(44-25)21-9-10-33-24(15-21)29(43)40-13-11-39(12-14-40)26(20-5-3-2-4-6-20)27-36-38-42(37-27)30(31)32/h2-10,15-18,26,30H,11-14H2,1H3/t26-/m1/s1. The summed E-state index contributed by atoms with van der Waals surface area (Å²) >= 11 is 0. The first-order chi connectivity index (χ1) is 21.4. The van der Waals surface area contributed by atoms with Crippen molar-refractivity contribution in [1.29, 1.82) is 0 Å². The number of amides is 1. The van der Waals surface area contributed by atoms with Gasteiger partial charge in [-0.05, 0) is 48.0 Å². The average Bonchev–Trinajstić information content (AvgIpc) is 3.82. The zero-order valence-corrected chi connectivity index (χ0v) is 23.5. The predicted octanol–water partition coefficient (Wildman–Crippen LogP) is 4.31. The Balaban J connectivity index is 1.08. The van der Waals surface area contributed by atoms with Gasteiger partial charge in [-0.3, -0.25) is 14.7 Å². The van der Waals surface area contributed by atoms with Gasteiger partial charge < -0.3 is 13.9 Å². The van der Waals surface area contributed by atoms with E-state index in [4.69, 9.17) is 4.42 Å². The number of nitrogens with zero attached hydrogens (tertiary/aromatic N) is 10. The Bertz CT molecular complexity index is 1930. The highest BCUT2D eigenvalue weighted by Crippen LogP contribution is 2.29. The summed E-state index contributed by atoms with van der Waals surface area (Å²) in [6, 6.07) is 18.1. The second kappa shape index (κ2) is 11.4. The SMILES string of the molecule is Cc1cn(-c2ccc3oc(-c4ccnc(C(=O)N5CCN([C@H](c6ccccc6)c6nnn(C(F)F)n6)CC5)c4)nc3c2)cn1. The first-order valence-electron chi connectivity index (χ1n) is 14.0. The van der Waals surface area contributed by atoms with E-state index < -0.39 is 12.6 Å². The topological polar surface area (TPSA) is 124 Å². The van der Waals surface area contributed by atoms with Gasteiger partial charge in [-0.1, -0.05) is 35.1 Å². The molecule has 44 heavy (non-hydrogen) atoms. The molecule has 0 radical (unpaired) electrons. The maximum atomic E-state index is 13.5. The number of halogens is 2. The van der Waals surface area contributed by atoms with Crippen molar-refractivity contribution < 1.29 is 18.0 Å². The lowest BCUT2D eigenvalue weighted by atomic mass is 10.0. The van der Waals surface area contributed by atoms with Gasteiger partial charge in [-0.2, -0.15) is 8.78 Å². The lowest BCUT2D eigenvalue weighted by Crippen LogP contribution is -2.50. The molecule has 6 aromatic rings. The second-order valence-corrected chi connectivity index (χ2v) is 10.4. The maximum Gasteiger partial charge on any atom is 0.350 e. The fourth-order valence-corrected chi connectivity index (χ4v) is 5.38. The molecule has 0 bridgehead atoms. The number of imidazole rings is 1. The van der Waals surface area contributed by atoms with E-state index in [1.165, 1.54) is 0 Å². The molecular weight excluding hydrogens is 570 g/mol. The number of hydrogen-bond donors (Lipinski definition) is 0. The van der Waals surface area contributed by atoms with E-state index >= 15 is 0 Å². The molecule has 0 saturated carbocycles. The smallest absolute Gasteiger partial charge is 0.350 e. The molecule has 5 heterocycles. The number of tetrazole rings is 1. The van der Waals surface area contributed by atoms with Crippen LogP contribution in [0.2, 0.25) is 0 Å². The summed E-state index contributed by atoms with van der Waals surface area (Å²) in [6.07, 6.45) is 5.24. The van der Waals surface area contributed by atoms with Crippen LogP contribution in [0, 0.1) is 6.92 Å². The number of hydrogen-bond acceptors (Lipinski definition) is 9. The normalized spacial score (nSPS) is 14.9. The third-order valence-corrected chi connectivity index (χ3v) is 7.55. The molecule has 0 spiro atoms. The van der Waals surface area contributed by atoms with E-state index in [0.717, 1.165) is 16.9 Å². The van der Waals surface area contributed by atoms with Crippen molar-refractivity contribution in [2.75, 3.05) is 26.2 Å². The summed E-state index contributed by atoms with van der Waals surface area (Å²) in [5.74, 6) is 0.338. The number of alkyl halides is 2. The fourth-order valence-electron chi connectivity index (χ4n) is 5.38. The van der Waals surface area contributed by atoms with Crippen LogP contribution in [0.15, 0.2) is 83.8 Å². The summed E-state index contributed by atoms with van der Waals surface area (Å²) in [5.41, 5.74) is 4.88. The van der Waals surface area contributed by atoms with Gasteiger partial charge in [-0.15, -0.1) is 10.2 Å². The molecule has 7 rings (SSSR count). The Labute approximate surface area is 249 Å². The first-order valence-corrected chi connectivity index (χ1v) is 14.0. The van der Waals surface area contributed by atoms with Crippen molar-refractivity contribution in [3.8, 4) is 17.1 Å². The predicted molar refractivity (Wildman–Crippen MR) is 154 cm³/mol. The Morgan fingerprint density at radius 2 is 1.80 bits per heavy atom. The van der Waals surface area contributed by atoms with E-state index in [-0.39, 0.29) is 17.4 Å². The first kappa shape index (κ1) is 27.5. The van der Waals surface area contributed by atoms with Crippen LogP contribution in [0.4, 0.5) is 8.78 Å². The van der Waals surface area contributed by atoms with Crippen molar-refractivity contribution in [2.24, 2.45) is 0 Å². The van der Waals surface area contributed by atoms with E-state index in [1.807, 2.05) is 66.2 Å². The number of piperazine rings is 1. The van der Waals surface area contributed by atoms with E-state index in [0.29, 0.717) is 53.5 Å². The highest BCUT2D eigenvalue weighted by atomic mass is 19.3. The summed E-state index contributed by atoms with van der Waals surface area (Å²) in [5, 5.41) is 11.4. The fraction of sp³-hybridized carbons (Fsp3) is 0.233. The molecule has 1 aliphatic heterocycles. The van der Waals surface area contributed by atoms with Crippen LogP contribution in [-0.4, -0.2) is 81.6 Å². The molecule has 0 aliphatic carbocycles. The maximum absolute atomic E-state index is 13.5. The van der Waals surface area contributed by atoms with E-state index in [9.17, 15) is 13.6 Å². The Morgan fingerprint density at radius 1 is 0.977 bits per heavy atom.